The molecule has 36 heavy (non-hydrogen) atoms. The quantitative estimate of drug-likeness (QED) is 0.456. The molecule has 0 unspecified atom stereocenters. The average Bonchev–Trinajstić information content (AvgIpc) is 3.08. The van der Waals surface area contributed by atoms with E-state index in [1.165, 1.54) is 71.6 Å². The summed E-state index contributed by atoms with van der Waals surface area (Å²) in [7, 11) is -3.87. The molecule has 2 heterocycles. The van der Waals surface area contributed by atoms with Crippen LogP contribution in [0.15, 0.2) is 53.4 Å². The number of hydrogen-bond donors (Lipinski definition) is 1. The van der Waals surface area contributed by atoms with Gasteiger partial charge >= 0.3 is 6.03 Å². The second-order valence-electron chi connectivity index (χ2n) is 8.82. The fourth-order valence-corrected chi connectivity index (χ4v) is 5.73. The van der Waals surface area contributed by atoms with Crippen LogP contribution in [0.25, 0.3) is 0 Å². The third kappa shape index (κ3) is 4.61. The number of piperazine rings is 1. The number of sulfonamides is 1. The molecule has 2 aromatic carbocycles. The van der Waals surface area contributed by atoms with E-state index >= 15 is 0 Å². The van der Waals surface area contributed by atoms with Gasteiger partial charge in [-0.2, -0.15) is 4.31 Å². The number of urea groups is 1. The van der Waals surface area contributed by atoms with Crippen molar-refractivity contribution >= 4 is 33.7 Å². The summed E-state index contributed by atoms with van der Waals surface area (Å²) in [6, 6.07) is 10.2. The van der Waals surface area contributed by atoms with Crippen LogP contribution < -0.4 is 5.32 Å². The molecule has 2 fully saturated rings. The molecule has 2 aromatic rings. The smallest absolute Gasteiger partial charge is 0.325 e. The first kappa shape index (κ1) is 25.5. The number of benzene rings is 2. The Labute approximate surface area is 207 Å². The first-order valence-corrected chi connectivity index (χ1v) is 12.7. The number of carbonyl (C=O) groups excluding carboxylic acids is 4. The van der Waals surface area contributed by atoms with Gasteiger partial charge in [0.05, 0.1) is 4.90 Å². The molecule has 0 spiro atoms. The number of ketones is 1. The predicted octanol–water partition coefficient (Wildman–Crippen LogP) is 1.33. The van der Waals surface area contributed by atoms with Crippen molar-refractivity contribution in [1.29, 1.82) is 0 Å². The lowest BCUT2D eigenvalue weighted by molar-refractivity contribution is -0.139. The van der Waals surface area contributed by atoms with Crippen molar-refractivity contribution in [2.75, 3.05) is 32.7 Å². The maximum absolute atomic E-state index is 13.3. The minimum atomic E-state index is -3.87. The average molecular weight is 517 g/mol. The lowest BCUT2D eigenvalue weighted by atomic mass is 9.92. The van der Waals surface area contributed by atoms with Gasteiger partial charge in [0.1, 0.15) is 17.9 Å². The van der Waals surface area contributed by atoms with Crippen molar-refractivity contribution in [1.82, 2.24) is 19.4 Å². The molecule has 0 radical (unpaired) electrons. The molecule has 4 amide bonds. The first-order valence-electron chi connectivity index (χ1n) is 11.2. The lowest BCUT2D eigenvalue weighted by Crippen LogP contribution is -2.53. The fraction of sp³-hybridized carbons (Fsp3) is 0.333. The van der Waals surface area contributed by atoms with Gasteiger partial charge in [-0.15, -0.1) is 0 Å². The number of imide groups is 1. The van der Waals surface area contributed by atoms with Crippen molar-refractivity contribution in [2.45, 2.75) is 24.3 Å². The normalized spacial score (nSPS) is 21.0. The van der Waals surface area contributed by atoms with Gasteiger partial charge in [0.2, 0.25) is 15.9 Å². The van der Waals surface area contributed by atoms with Gasteiger partial charge in [-0.05, 0) is 43.7 Å². The molecule has 0 aromatic heterocycles. The molecule has 4 rings (SSSR count). The van der Waals surface area contributed by atoms with E-state index in [9.17, 15) is 32.0 Å². The molecule has 2 aliphatic heterocycles. The standard InChI is InChI=1S/C24H25FN4O6S/c1-16(30)17-4-3-5-20(14-17)36(34,35)28-12-10-27(11-13-28)21(31)15-29-22(32)24(2,26-23(29)33)18-6-8-19(25)9-7-18/h3-9,14H,10-13,15H2,1-2H3,(H,26,33)/t24-/m0/s1. The number of carbonyl (C=O) groups is 4. The highest BCUT2D eigenvalue weighted by Crippen LogP contribution is 2.29. The zero-order chi connectivity index (χ0) is 26.3. The largest absolute Gasteiger partial charge is 0.338 e. The van der Waals surface area contributed by atoms with Gasteiger partial charge < -0.3 is 10.2 Å². The zero-order valence-corrected chi connectivity index (χ0v) is 20.5. The Balaban J connectivity index is 1.40. The van der Waals surface area contributed by atoms with Crippen molar-refractivity contribution < 1.29 is 32.0 Å². The third-order valence-electron chi connectivity index (χ3n) is 6.46. The summed E-state index contributed by atoms with van der Waals surface area (Å²) in [5.41, 5.74) is -0.775. The Kier molecular flexibility index (Phi) is 6.67. The van der Waals surface area contributed by atoms with E-state index in [2.05, 4.69) is 5.32 Å². The molecule has 0 saturated carbocycles. The molecule has 0 aliphatic carbocycles. The SMILES string of the molecule is CC(=O)c1cccc(S(=O)(=O)N2CCN(C(=O)CN3C(=O)N[C@@](C)(c4ccc(F)cc4)C3=O)CC2)c1. The van der Waals surface area contributed by atoms with Crippen molar-refractivity contribution in [2.24, 2.45) is 0 Å². The summed E-state index contributed by atoms with van der Waals surface area (Å²) in [5.74, 6) is -1.88. The van der Waals surface area contributed by atoms with Crippen LogP contribution in [0.1, 0.15) is 29.8 Å². The van der Waals surface area contributed by atoms with Crippen LogP contribution in [0.3, 0.4) is 0 Å². The summed E-state index contributed by atoms with van der Waals surface area (Å²) in [5, 5.41) is 2.56. The van der Waals surface area contributed by atoms with Crippen LogP contribution in [0, 0.1) is 5.82 Å². The Morgan fingerprint density at radius 3 is 2.28 bits per heavy atom. The van der Waals surface area contributed by atoms with Gasteiger partial charge in [-0.3, -0.25) is 19.3 Å². The van der Waals surface area contributed by atoms with Crippen LogP contribution in [0.5, 0.6) is 0 Å². The molecular formula is C24H25FN4O6S. The van der Waals surface area contributed by atoms with E-state index in [4.69, 9.17) is 0 Å². The predicted molar refractivity (Wildman–Crippen MR) is 126 cm³/mol. The van der Waals surface area contributed by atoms with E-state index in [0.29, 0.717) is 5.56 Å². The van der Waals surface area contributed by atoms with Crippen LogP contribution in [0.2, 0.25) is 0 Å². The first-order chi connectivity index (χ1) is 16.9. The molecule has 1 N–H and O–H groups in total. The molecule has 190 valence electrons. The van der Waals surface area contributed by atoms with Crippen molar-refractivity contribution in [3.05, 3.63) is 65.5 Å². The summed E-state index contributed by atoms with van der Waals surface area (Å²) < 4.78 is 40.5. The maximum Gasteiger partial charge on any atom is 0.325 e. The Morgan fingerprint density at radius 1 is 1.03 bits per heavy atom. The van der Waals surface area contributed by atoms with Crippen LogP contribution >= 0.6 is 0 Å². The monoisotopic (exact) mass is 516 g/mol. The van der Waals surface area contributed by atoms with Gasteiger partial charge in [0, 0.05) is 31.7 Å². The Hall–Kier alpha value is -3.64. The van der Waals surface area contributed by atoms with Crippen molar-refractivity contribution in [3.8, 4) is 0 Å². The summed E-state index contributed by atoms with van der Waals surface area (Å²) >= 11 is 0. The molecule has 1 atom stereocenters. The highest BCUT2D eigenvalue weighted by atomic mass is 32.2. The van der Waals surface area contributed by atoms with E-state index < -0.39 is 45.8 Å². The van der Waals surface area contributed by atoms with Gasteiger partial charge in [-0.25, -0.2) is 17.6 Å². The van der Waals surface area contributed by atoms with Crippen LogP contribution in [-0.2, 0) is 25.2 Å². The van der Waals surface area contributed by atoms with Crippen LogP contribution in [-0.4, -0.2) is 78.9 Å². The number of amides is 4. The Bertz CT molecular complexity index is 1340. The molecule has 2 saturated heterocycles. The number of Topliss-reactive ketones (excluding diaryl/α,β-unsaturated/α-hetero) is 1. The van der Waals surface area contributed by atoms with Gasteiger partial charge in [0.25, 0.3) is 5.91 Å². The number of nitrogens with zero attached hydrogens (tertiary/aromatic N) is 3. The number of nitrogens with one attached hydrogen (secondary N) is 1. The molecule has 12 heteroatoms. The van der Waals surface area contributed by atoms with E-state index in [-0.39, 0.29) is 42.4 Å². The molecular weight excluding hydrogens is 491 g/mol. The fourth-order valence-electron chi connectivity index (χ4n) is 4.26. The van der Waals surface area contributed by atoms with E-state index in [1.54, 1.807) is 0 Å². The number of rotatable bonds is 6. The van der Waals surface area contributed by atoms with Gasteiger partial charge in [-0.1, -0.05) is 24.3 Å². The molecule has 10 nitrogen and oxygen atoms in total. The van der Waals surface area contributed by atoms with Crippen LogP contribution in [0.4, 0.5) is 9.18 Å². The second-order valence-corrected chi connectivity index (χ2v) is 10.8. The Morgan fingerprint density at radius 2 is 1.67 bits per heavy atom. The summed E-state index contributed by atoms with van der Waals surface area (Å²) in [4.78, 5) is 52.2. The maximum atomic E-state index is 13.3. The molecule has 0 bridgehead atoms. The summed E-state index contributed by atoms with van der Waals surface area (Å²) in [6.45, 7) is 2.51. The van der Waals surface area contributed by atoms with E-state index in [0.717, 1.165) is 4.90 Å². The summed E-state index contributed by atoms with van der Waals surface area (Å²) in [6.07, 6.45) is 0. The number of halogens is 1. The lowest BCUT2D eigenvalue weighted by Gasteiger charge is -2.34. The zero-order valence-electron chi connectivity index (χ0n) is 19.7. The minimum absolute atomic E-state index is 0.00519. The van der Waals surface area contributed by atoms with E-state index in [1.807, 2.05) is 0 Å². The van der Waals surface area contributed by atoms with Crippen molar-refractivity contribution in [3.63, 3.8) is 0 Å². The highest BCUT2D eigenvalue weighted by molar-refractivity contribution is 7.89. The van der Waals surface area contributed by atoms with Gasteiger partial charge in [0.15, 0.2) is 5.78 Å². The minimum Gasteiger partial charge on any atom is -0.338 e. The highest BCUT2D eigenvalue weighted by Gasteiger charge is 2.49. The topological polar surface area (TPSA) is 124 Å². The molecule has 2 aliphatic rings. The number of hydrogen-bond acceptors (Lipinski definition) is 6. The second kappa shape index (κ2) is 9.43. The third-order valence-corrected chi connectivity index (χ3v) is 8.35.